The van der Waals surface area contributed by atoms with Crippen LogP contribution in [0.15, 0.2) is 47.6 Å². The van der Waals surface area contributed by atoms with Crippen LogP contribution < -0.4 is 15.5 Å². The van der Waals surface area contributed by atoms with Crippen LogP contribution in [0.25, 0.3) is 11.4 Å². The van der Waals surface area contributed by atoms with E-state index in [1.165, 1.54) is 36.5 Å². The molecule has 1 saturated heterocycles. The predicted octanol–water partition coefficient (Wildman–Crippen LogP) is 5.12. The molecule has 2 aromatic carbocycles. The predicted molar refractivity (Wildman–Crippen MR) is 122 cm³/mol. The molecule has 184 valence electrons. The highest BCUT2D eigenvalue weighted by Crippen LogP contribution is 2.29. The summed E-state index contributed by atoms with van der Waals surface area (Å²) in [5.74, 6) is -0.477. The van der Waals surface area contributed by atoms with Gasteiger partial charge in [0.15, 0.2) is 5.82 Å². The SMILES string of the molecule is Fc1cccc(Cl)c1-c1nc(NCC2CCOC2)nc(N/N=C\c2ccc(OC(F)(F)F)cc2)n1. The fourth-order valence-corrected chi connectivity index (χ4v) is 3.48. The third-order valence-electron chi connectivity index (χ3n) is 4.89. The Morgan fingerprint density at radius 2 is 1.89 bits per heavy atom. The molecule has 3 aromatic rings. The summed E-state index contributed by atoms with van der Waals surface area (Å²) in [6, 6.07) is 9.32. The topological polar surface area (TPSA) is 93.6 Å². The second-order valence-electron chi connectivity index (χ2n) is 7.50. The molecule has 1 aliphatic rings. The standard InChI is InChI=1S/C22H19ClF4N6O2/c23-16-2-1-3-17(24)18(16)19-30-20(28-10-14-8-9-34-12-14)32-21(31-19)33-29-11-13-4-6-15(7-5-13)35-22(25,26)27/h1-7,11,14H,8-10,12H2,(H2,28,30,31,32,33)/b29-11-. The van der Waals surface area contributed by atoms with Crippen LogP contribution in [0.3, 0.4) is 0 Å². The zero-order chi connectivity index (χ0) is 24.8. The number of nitrogens with one attached hydrogen (secondary N) is 2. The van der Waals surface area contributed by atoms with Gasteiger partial charge in [0, 0.05) is 19.1 Å². The molecule has 0 amide bonds. The Bertz CT molecular complexity index is 1170. The van der Waals surface area contributed by atoms with E-state index in [0.29, 0.717) is 25.3 Å². The molecule has 0 radical (unpaired) electrons. The maximum atomic E-state index is 14.5. The van der Waals surface area contributed by atoms with Gasteiger partial charge in [-0.05, 0) is 48.4 Å². The van der Waals surface area contributed by atoms with E-state index in [1.54, 1.807) is 0 Å². The summed E-state index contributed by atoms with van der Waals surface area (Å²) in [5, 5.41) is 7.24. The molecule has 35 heavy (non-hydrogen) atoms. The van der Waals surface area contributed by atoms with Crippen molar-refractivity contribution in [1.29, 1.82) is 0 Å². The molecule has 0 spiro atoms. The Kier molecular flexibility index (Phi) is 7.61. The van der Waals surface area contributed by atoms with Crippen LogP contribution in [-0.2, 0) is 4.74 Å². The summed E-state index contributed by atoms with van der Waals surface area (Å²) in [6.45, 7) is 1.85. The Labute approximate surface area is 202 Å². The average molecular weight is 511 g/mol. The number of hydrazone groups is 1. The van der Waals surface area contributed by atoms with Crippen LogP contribution in [0.1, 0.15) is 12.0 Å². The van der Waals surface area contributed by atoms with Gasteiger partial charge in [-0.25, -0.2) is 9.82 Å². The Morgan fingerprint density at radius 3 is 2.57 bits per heavy atom. The fourth-order valence-electron chi connectivity index (χ4n) is 3.23. The van der Waals surface area contributed by atoms with Crippen LogP contribution >= 0.6 is 11.6 Å². The molecule has 8 nitrogen and oxygen atoms in total. The maximum Gasteiger partial charge on any atom is 0.573 e. The van der Waals surface area contributed by atoms with Crippen molar-refractivity contribution < 1.29 is 27.0 Å². The minimum absolute atomic E-state index is 0.000348. The molecule has 4 rings (SSSR count). The van der Waals surface area contributed by atoms with Gasteiger partial charge >= 0.3 is 6.36 Å². The Morgan fingerprint density at radius 1 is 1.11 bits per heavy atom. The first-order chi connectivity index (χ1) is 16.8. The lowest BCUT2D eigenvalue weighted by Crippen LogP contribution is -2.17. The molecule has 0 bridgehead atoms. The first-order valence-corrected chi connectivity index (χ1v) is 10.8. The van der Waals surface area contributed by atoms with Gasteiger partial charge in [0.05, 0.1) is 23.4 Å². The number of ether oxygens (including phenoxy) is 2. The van der Waals surface area contributed by atoms with Gasteiger partial charge in [0.2, 0.25) is 11.9 Å². The van der Waals surface area contributed by atoms with Crippen molar-refractivity contribution in [3.8, 4) is 17.1 Å². The van der Waals surface area contributed by atoms with Crippen LogP contribution in [0.4, 0.5) is 29.5 Å². The van der Waals surface area contributed by atoms with Crippen molar-refractivity contribution in [3.63, 3.8) is 0 Å². The normalized spacial score (nSPS) is 16.0. The van der Waals surface area contributed by atoms with E-state index in [4.69, 9.17) is 16.3 Å². The van der Waals surface area contributed by atoms with Gasteiger partial charge in [0.1, 0.15) is 11.6 Å². The van der Waals surface area contributed by atoms with E-state index in [2.05, 4.69) is 35.5 Å². The van der Waals surface area contributed by atoms with Crippen molar-refractivity contribution in [1.82, 2.24) is 15.0 Å². The second-order valence-corrected chi connectivity index (χ2v) is 7.91. The molecule has 1 aromatic heterocycles. The van der Waals surface area contributed by atoms with Gasteiger partial charge in [0.25, 0.3) is 0 Å². The Balaban J connectivity index is 1.53. The maximum absolute atomic E-state index is 14.5. The van der Waals surface area contributed by atoms with Gasteiger partial charge < -0.3 is 14.8 Å². The number of hydrogen-bond donors (Lipinski definition) is 2. The van der Waals surface area contributed by atoms with Crippen LogP contribution in [0, 0.1) is 11.7 Å². The summed E-state index contributed by atoms with van der Waals surface area (Å²) in [7, 11) is 0. The van der Waals surface area contributed by atoms with Crippen LogP contribution in [-0.4, -0.2) is 47.3 Å². The van der Waals surface area contributed by atoms with Crippen LogP contribution in [0.2, 0.25) is 5.02 Å². The number of aromatic nitrogens is 3. The molecular formula is C22H19ClF4N6O2. The van der Waals surface area contributed by atoms with Crippen molar-refractivity contribution >= 4 is 29.7 Å². The van der Waals surface area contributed by atoms with Gasteiger partial charge in [-0.1, -0.05) is 17.7 Å². The molecule has 1 aliphatic heterocycles. The number of nitrogens with zero attached hydrogens (tertiary/aromatic N) is 4. The van der Waals surface area contributed by atoms with E-state index in [0.717, 1.165) is 18.6 Å². The molecule has 1 fully saturated rings. The lowest BCUT2D eigenvalue weighted by atomic mass is 10.1. The summed E-state index contributed by atoms with van der Waals surface area (Å²) in [6.07, 6.45) is -2.53. The highest BCUT2D eigenvalue weighted by atomic mass is 35.5. The fraction of sp³-hybridized carbons (Fsp3) is 0.273. The van der Waals surface area contributed by atoms with E-state index in [-0.39, 0.29) is 40.0 Å². The first kappa shape index (κ1) is 24.6. The molecule has 2 N–H and O–H groups in total. The minimum atomic E-state index is -4.77. The number of anilines is 2. The molecule has 13 heteroatoms. The zero-order valence-electron chi connectivity index (χ0n) is 18.0. The van der Waals surface area contributed by atoms with E-state index < -0.39 is 12.2 Å². The summed E-state index contributed by atoms with van der Waals surface area (Å²) >= 11 is 6.18. The Hall–Kier alpha value is -3.51. The molecule has 0 saturated carbocycles. The highest BCUT2D eigenvalue weighted by Gasteiger charge is 2.30. The molecule has 1 atom stereocenters. The number of halogens is 5. The first-order valence-electron chi connectivity index (χ1n) is 10.4. The third kappa shape index (κ3) is 6.99. The molecule has 0 aliphatic carbocycles. The van der Waals surface area contributed by atoms with E-state index in [1.807, 2.05) is 0 Å². The summed E-state index contributed by atoms with van der Waals surface area (Å²) < 4.78 is 60.6. The van der Waals surface area contributed by atoms with Gasteiger partial charge in [-0.2, -0.15) is 20.1 Å². The monoisotopic (exact) mass is 510 g/mol. The molecular weight excluding hydrogens is 492 g/mol. The van der Waals surface area contributed by atoms with Crippen molar-refractivity contribution in [2.75, 3.05) is 30.5 Å². The second kappa shape index (κ2) is 10.8. The molecule has 2 heterocycles. The zero-order valence-corrected chi connectivity index (χ0v) is 18.8. The summed E-state index contributed by atoms with van der Waals surface area (Å²) in [5.41, 5.74) is 3.12. The van der Waals surface area contributed by atoms with Gasteiger partial charge in [-0.15, -0.1) is 13.2 Å². The lowest BCUT2D eigenvalue weighted by molar-refractivity contribution is -0.274. The highest BCUT2D eigenvalue weighted by molar-refractivity contribution is 6.33. The third-order valence-corrected chi connectivity index (χ3v) is 5.20. The summed E-state index contributed by atoms with van der Waals surface area (Å²) in [4.78, 5) is 12.8. The number of rotatable bonds is 8. The number of hydrogen-bond acceptors (Lipinski definition) is 8. The van der Waals surface area contributed by atoms with E-state index in [9.17, 15) is 17.6 Å². The lowest BCUT2D eigenvalue weighted by Gasteiger charge is -2.12. The van der Waals surface area contributed by atoms with Crippen molar-refractivity contribution in [2.45, 2.75) is 12.8 Å². The quantitative estimate of drug-likeness (QED) is 0.247. The average Bonchev–Trinajstić information content (AvgIpc) is 3.32. The molecule has 1 unspecified atom stereocenters. The largest absolute Gasteiger partial charge is 0.573 e. The van der Waals surface area contributed by atoms with Crippen molar-refractivity contribution in [2.24, 2.45) is 11.0 Å². The number of benzene rings is 2. The van der Waals surface area contributed by atoms with Crippen molar-refractivity contribution in [3.05, 3.63) is 58.9 Å². The van der Waals surface area contributed by atoms with Gasteiger partial charge in [-0.3, -0.25) is 0 Å². The van der Waals surface area contributed by atoms with Crippen LogP contribution in [0.5, 0.6) is 5.75 Å². The number of alkyl halides is 3. The minimum Gasteiger partial charge on any atom is -0.406 e. The smallest absolute Gasteiger partial charge is 0.406 e. The van der Waals surface area contributed by atoms with E-state index >= 15 is 0 Å².